The third-order valence-corrected chi connectivity index (χ3v) is 21.4. The first-order valence-corrected chi connectivity index (χ1v) is 38.8. The summed E-state index contributed by atoms with van der Waals surface area (Å²) in [5, 5.41) is 141. The zero-order valence-corrected chi connectivity index (χ0v) is 68.5. The number of hydrogen-bond donors (Lipinski definition) is 15. The number of ketones is 1. The molecule has 0 aromatic heterocycles. The van der Waals surface area contributed by atoms with Gasteiger partial charge in [0.05, 0.1) is 98.0 Å². The fourth-order valence-corrected chi connectivity index (χ4v) is 13.9. The Kier molecular flexibility index (Phi) is 42.8. The first-order valence-electron chi connectivity index (χ1n) is 38.8. The third-order valence-electron chi connectivity index (χ3n) is 21.4. The van der Waals surface area contributed by atoms with Gasteiger partial charge in [0.15, 0.2) is 18.2 Å². The molecule has 0 aromatic rings. The summed E-state index contributed by atoms with van der Waals surface area (Å²) in [5.41, 5.74) is -1.61. The van der Waals surface area contributed by atoms with Gasteiger partial charge in [-0.15, -0.1) is 0 Å². The van der Waals surface area contributed by atoms with Crippen molar-refractivity contribution in [2.45, 2.75) is 299 Å². The number of carbonyl (C=O) groups is 9. The third kappa shape index (κ3) is 32.7. The van der Waals surface area contributed by atoms with E-state index in [1.807, 2.05) is 38.2 Å². The van der Waals surface area contributed by atoms with Crippen LogP contribution in [-0.2, 0) is 62.1 Å². The minimum atomic E-state index is -2.70. The number of aliphatic carboxylic acids is 2. The minimum absolute atomic E-state index is 0.0209. The van der Waals surface area contributed by atoms with E-state index in [0.29, 0.717) is 42.7 Å². The molecule has 0 spiro atoms. The van der Waals surface area contributed by atoms with Gasteiger partial charge >= 0.3 is 29.8 Å². The highest BCUT2D eigenvalue weighted by Gasteiger charge is 2.47. The van der Waals surface area contributed by atoms with Crippen LogP contribution in [0.3, 0.4) is 0 Å². The second-order valence-corrected chi connectivity index (χ2v) is 32.5. The molecular formula is C83H133N3O25. The van der Waals surface area contributed by atoms with Gasteiger partial charge in [0.1, 0.15) is 18.0 Å². The number of Topliss-reactive ketones (excluding diaryl/α,β-unsaturated/α-hetero) is 1. The molecule has 2 heterocycles. The number of carboxylic acid groups (broad SMARTS) is 2. The predicted octanol–water partition coefficient (Wildman–Crippen LogP) is 6.29. The molecule has 0 radical (unpaired) electrons. The molecule has 25 atom stereocenters. The van der Waals surface area contributed by atoms with E-state index < -0.39 is 210 Å². The standard InChI is InChI=1S/C83H133N3O25/c1-44(2)37-59(84-65(92)35-36-82(15,16)75(99)55(13)76(100)83(17,18)81(107)108-19)72(97)51(9)41-49(7)69(94)46(4)31-33-60(88)53(11)77(101)86-67(56(14)87)74-54(12)63(110-66(93)43-62(90)78(102)103)34-32-47(5)70(95)48(6)40-50(8)71(96)52(10)61(89)42-58-39-45(3)38-57(109-58)29-27-25-23-21-20-22-24-26-28-30-64(91)85-68(80(106)111-74)73(98)79(104)105/h21,23-28,30,32,35-36,40-41,44-46,48,51-63,67-74,76,87-90,94-98,100H,20,22,29,31,33-34,37-39,42-43H2,1-19H3,(H,84,92)(H,85,91)(H,86,101)(H,102,103)(H,104,105)/b23-21+,26-24+,27-25+,30-28+,36-35+,47-32+,49-41+,50-40+/t45-,46-,48-,51+,52+,53-,54-,55+,56+,57-,58+,59-,60+,61+,62-,63+,67-,68+,69-,70+,71+,72-,73-,74-,76-/m1/s1. The molecule has 15 N–H and O–H groups in total. The Bertz CT molecular complexity index is 3280. The number of nitrogens with one attached hydrogen (secondary N) is 3. The Balaban J connectivity index is 2.67. The first-order chi connectivity index (χ1) is 51.5. The van der Waals surface area contributed by atoms with Crippen LogP contribution in [0, 0.1) is 64.1 Å². The second-order valence-electron chi connectivity index (χ2n) is 32.5. The molecule has 0 saturated carbocycles. The van der Waals surface area contributed by atoms with E-state index in [1.165, 1.54) is 79.0 Å². The van der Waals surface area contributed by atoms with Gasteiger partial charge < -0.3 is 96.2 Å². The van der Waals surface area contributed by atoms with Gasteiger partial charge in [-0.1, -0.05) is 136 Å². The van der Waals surface area contributed by atoms with Crippen molar-refractivity contribution in [3.8, 4) is 0 Å². The Morgan fingerprint density at radius 2 is 1.32 bits per heavy atom. The highest BCUT2D eigenvalue weighted by molar-refractivity contribution is 5.95. The molecule has 2 aliphatic heterocycles. The molecule has 630 valence electrons. The van der Waals surface area contributed by atoms with E-state index in [2.05, 4.69) is 22.9 Å². The molecule has 0 aromatic carbocycles. The monoisotopic (exact) mass is 1570 g/mol. The molecule has 2 aliphatic rings. The van der Waals surface area contributed by atoms with Gasteiger partial charge in [-0.05, 0) is 154 Å². The zero-order valence-electron chi connectivity index (χ0n) is 68.5. The van der Waals surface area contributed by atoms with Crippen molar-refractivity contribution in [1.82, 2.24) is 16.0 Å². The fraction of sp³-hybridized carbons (Fsp3) is 0.699. The van der Waals surface area contributed by atoms with E-state index >= 15 is 0 Å². The Labute approximate surface area is 655 Å². The zero-order chi connectivity index (χ0) is 84.9. The number of esters is 3. The van der Waals surface area contributed by atoms with Crippen molar-refractivity contribution < 1.29 is 123 Å². The SMILES string of the molecule is COC(=O)C(C)(C)[C@H](O)[C@@H](C)C(=O)C(C)(C)/C=C/C(=O)N[C@H](CC(C)C)[C@H](O)[C@@H](C)/C=C(\C)[C@H](O)[C@H](C)CC[C@H](O)[C@@H](C)C(=O)N[C@@H]([C@@H]1OC(=O)[C@H]([C@@H](O)C(=O)O)NC(=O)/C=C/C=C/CC/C=C/C=C/C[C@@H]2C[C@@H](C)C[C@@H](C[C@H](O)[C@H](C)[C@@H](O)/C(C)=C/[C@@H](C)[C@@H](O)/C(C)=C/C[C@H](OC(=O)C[C@@H](O)C(=O)O)[C@H]1C)O2)[C@H](C)O. The maximum Gasteiger partial charge on any atom is 0.335 e. The molecule has 0 unspecified atom stereocenters. The maximum absolute atomic E-state index is 14.6. The summed E-state index contributed by atoms with van der Waals surface area (Å²) < 4.78 is 23.1. The number of carbonyl (C=O) groups excluding carboxylic acids is 7. The van der Waals surface area contributed by atoms with Crippen molar-refractivity contribution >= 4 is 53.4 Å². The number of amides is 3. The quantitative estimate of drug-likeness (QED) is 0.0169. The average molecular weight is 1570 g/mol. The minimum Gasteiger partial charge on any atom is -0.479 e. The van der Waals surface area contributed by atoms with Crippen LogP contribution in [-0.4, -0.2) is 225 Å². The van der Waals surface area contributed by atoms with Gasteiger partial charge in [0, 0.05) is 47.5 Å². The van der Waals surface area contributed by atoms with Crippen LogP contribution in [0.25, 0.3) is 0 Å². The van der Waals surface area contributed by atoms with Gasteiger partial charge in [0.25, 0.3) is 0 Å². The Morgan fingerprint density at radius 1 is 0.730 bits per heavy atom. The topological polar surface area (TPSA) is 469 Å². The summed E-state index contributed by atoms with van der Waals surface area (Å²) in [6.45, 7) is 28.8. The number of fused-ring (bicyclic) bond motifs is 2. The summed E-state index contributed by atoms with van der Waals surface area (Å²) in [6.07, 6.45) is 3.28. The largest absolute Gasteiger partial charge is 0.479 e. The number of methoxy groups -OCH3 is 1. The van der Waals surface area contributed by atoms with E-state index in [4.69, 9.17) is 18.9 Å². The van der Waals surface area contributed by atoms with Crippen LogP contribution >= 0.6 is 0 Å². The molecule has 2 rings (SSSR count). The van der Waals surface area contributed by atoms with E-state index in [9.17, 15) is 104 Å². The summed E-state index contributed by atoms with van der Waals surface area (Å²) in [6, 6.07) is -5.05. The lowest BCUT2D eigenvalue weighted by atomic mass is 9.72. The van der Waals surface area contributed by atoms with E-state index in [-0.39, 0.29) is 43.0 Å². The van der Waals surface area contributed by atoms with Gasteiger partial charge in [-0.25, -0.2) is 14.4 Å². The van der Waals surface area contributed by atoms with Crippen molar-refractivity contribution in [1.29, 1.82) is 0 Å². The normalized spacial score (nSPS) is 29.5. The molecule has 3 amide bonds. The Morgan fingerprint density at radius 3 is 1.90 bits per heavy atom. The predicted molar refractivity (Wildman–Crippen MR) is 416 cm³/mol. The van der Waals surface area contributed by atoms with E-state index in [0.717, 1.165) is 25.8 Å². The summed E-state index contributed by atoms with van der Waals surface area (Å²) >= 11 is 0. The van der Waals surface area contributed by atoms with Crippen LogP contribution in [0.2, 0.25) is 0 Å². The number of carboxylic acids is 2. The van der Waals surface area contributed by atoms with Gasteiger partial charge in [0.2, 0.25) is 17.7 Å². The number of aliphatic hydroxyl groups is 10. The lowest BCUT2D eigenvalue weighted by Crippen LogP contribution is -2.59. The molecule has 28 nitrogen and oxygen atoms in total. The Hall–Kier alpha value is -7.09. The van der Waals surface area contributed by atoms with Crippen LogP contribution in [0.5, 0.6) is 0 Å². The van der Waals surface area contributed by atoms with Gasteiger partial charge in [-0.3, -0.25) is 28.8 Å². The molecule has 1 saturated heterocycles. The number of aliphatic hydroxyl groups excluding tert-OH is 10. The van der Waals surface area contributed by atoms with Crippen LogP contribution in [0.15, 0.2) is 95.7 Å². The van der Waals surface area contributed by atoms with Crippen LogP contribution in [0.1, 0.15) is 195 Å². The molecular weight excluding hydrogens is 1440 g/mol. The highest BCUT2D eigenvalue weighted by atomic mass is 16.6. The average Bonchev–Trinajstić information content (AvgIpc) is 0.814. The van der Waals surface area contributed by atoms with Crippen LogP contribution < -0.4 is 16.0 Å². The molecule has 2 bridgehead atoms. The van der Waals surface area contributed by atoms with Gasteiger partial charge in [-0.2, -0.15) is 0 Å². The molecule has 28 heteroatoms. The maximum atomic E-state index is 14.6. The molecule has 0 aliphatic carbocycles. The van der Waals surface area contributed by atoms with Crippen molar-refractivity contribution in [3.63, 3.8) is 0 Å². The fourth-order valence-electron chi connectivity index (χ4n) is 13.9. The first kappa shape index (κ1) is 100.0. The van der Waals surface area contributed by atoms with E-state index in [1.54, 1.807) is 73.6 Å². The van der Waals surface area contributed by atoms with Crippen molar-refractivity contribution in [3.05, 3.63) is 95.7 Å². The van der Waals surface area contributed by atoms with Crippen LogP contribution in [0.4, 0.5) is 0 Å². The molecule has 111 heavy (non-hydrogen) atoms. The highest BCUT2D eigenvalue weighted by Crippen LogP contribution is 2.36. The number of hydrogen-bond acceptors (Lipinski definition) is 23. The lowest BCUT2D eigenvalue weighted by molar-refractivity contribution is -0.175. The number of ether oxygens (including phenoxy) is 4. The lowest BCUT2D eigenvalue weighted by Gasteiger charge is -2.38. The number of rotatable bonds is 29. The van der Waals surface area contributed by atoms with Crippen molar-refractivity contribution in [2.75, 3.05) is 7.11 Å². The number of cyclic esters (lactones) is 1. The smallest absolute Gasteiger partial charge is 0.335 e. The summed E-state index contributed by atoms with van der Waals surface area (Å²) in [5.74, 6) is -16.9. The summed E-state index contributed by atoms with van der Waals surface area (Å²) in [4.78, 5) is 120. The summed E-state index contributed by atoms with van der Waals surface area (Å²) in [7, 11) is 1.18. The second kappa shape index (κ2) is 47.6. The number of allylic oxidation sites excluding steroid dienone is 7. The molecule has 1 fully saturated rings. The van der Waals surface area contributed by atoms with Crippen molar-refractivity contribution in [2.24, 2.45) is 64.1 Å².